The fraction of sp³-hybridized carbons (Fsp3) is 0.0526. The van der Waals surface area contributed by atoms with Crippen molar-refractivity contribution in [3.8, 4) is 28.6 Å². The molecule has 0 unspecified atom stereocenters. The number of fused-ring (bicyclic) bond motifs is 6. The van der Waals surface area contributed by atoms with Gasteiger partial charge in [0.1, 0.15) is 0 Å². The quantitative estimate of drug-likeness (QED) is 0.205. The molecular weight excluding hydrogens is 569 g/mol. The maximum Gasteiger partial charge on any atom is 0.416 e. The number of rotatable bonds is 3. The molecule has 3 heterocycles. The van der Waals surface area contributed by atoms with Crippen LogP contribution >= 0.6 is 0 Å². The van der Waals surface area contributed by atoms with Crippen molar-refractivity contribution in [2.24, 2.45) is 0 Å². The molecule has 8 rings (SSSR count). The first kappa shape index (κ1) is 26.7. The molecule has 0 radical (unpaired) electrons. The Labute approximate surface area is 255 Å². The summed E-state index contributed by atoms with van der Waals surface area (Å²) in [6.07, 6.45) is -1.02. The van der Waals surface area contributed by atoms with E-state index in [1.807, 2.05) is 65.2 Å². The Kier molecular flexibility index (Phi) is 5.84. The second-order valence-corrected chi connectivity index (χ2v) is 11.2. The van der Waals surface area contributed by atoms with Gasteiger partial charge in [0, 0.05) is 45.1 Å². The Morgan fingerprint density at radius 2 is 1.22 bits per heavy atom. The third-order valence-corrected chi connectivity index (χ3v) is 8.52. The fourth-order valence-electron chi connectivity index (χ4n) is 6.56. The van der Waals surface area contributed by atoms with Crippen molar-refractivity contribution in [2.75, 3.05) is 0 Å². The molecular formula is C38H23F3N4. The van der Waals surface area contributed by atoms with Gasteiger partial charge >= 0.3 is 6.18 Å². The van der Waals surface area contributed by atoms with Gasteiger partial charge in [0.15, 0.2) is 0 Å². The molecule has 7 heteroatoms. The van der Waals surface area contributed by atoms with Crippen LogP contribution in [-0.2, 0) is 6.18 Å². The Balaban J connectivity index is 1.46. The summed E-state index contributed by atoms with van der Waals surface area (Å²) in [6, 6.07) is 35.7. The predicted octanol–water partition coefficient (Wildman–Crippen LogP) is 10.1. The van der Waals surface area contributed by atoms with Crippen LogP contribution in [0.5, 0.6) is 0 Å². The number of benzene rings is 5. The average molecular weight is 593 g/mol. The van der Waals surface area contributed by atoms with Crippen LogP contribution in [0, 0.1) is 18.3 Å². The Hall–Kier alpha value is -5.87. The second kappa shape index (κ2) is 9.83. The summed E-state index contributed by atoms with van der Waals surface area (Å²) < 4.78 is 45.5. The van der Waals surface area contributed by atoms with E-state index in [-0.39, 0.29) is 0 Å². The van der Waals surface area contributed by atoms with Crippen LogP contribution in [0.15, 0.2) is 122 Å². The zero-order valence-electron chi connectivity index (χ0n) is 24.0. The summed E-state index contributed by atoms with van der Waals surface area (Å²) in [6.45, 7) is 2.07. The van der Waals surface area contributed by atoms with Gasteiger partial charge in [-0.1, -0.05) is 48.0 Å². The monoisotopic (exact) mass is 592 g/mol. The number of hydrogen-bond acceptors (Lipinski definition) is 2. The number of para-hydroxylation sites is 2. The van der Waals surface area contributed by atoms with E-state index >= 15 is 0 Å². The molecule has 5 aromatic carbocycles. The van der Waals surface area contributed by atoms with Crippen molar-refractivity contribution < 1.29 is 13.2 Å². The first-order valence-corrected chi connectivity index (χ1v) is 14.4. The van der Waals surface area contributed by atoms with Crippen molar-refractivity contribution in [2.45, 2.75) is 13.1 Å². The number of nitriles is 1. The Morgan fingerprint density at radius 1 is 0.622 bits per heavy atom. The number of hydrogen-bond donors (Lipinski definition) is 0. The second-order valence-electron chi connectivity index (χ2n) is 11.2. The van der Waals surface area contributed by atoms with Gasteiger partial charge in [-0.15, -0.1) is 0 Å². The van der Waals surface area contributed by atoms with Crippen LogP contribution in [0.3, 0.4) is 0 Å². The highest BCUT2D eigenvalue weighted by Crippen LogP contribution is 2.42. The molecule has 0 aliphatic heterocycles. The molecule has 0 N–H and O–H groups in total. The minimum Gasteiger partial charge on any atom is -0.309 e. The average Bonchev–Trinajstić information content (AvgIpc) is 3.56. The van der Waals surface area contributed by atoms with Gasteiger partial charge in [-0.3, -0.25) is 4.98 Å². The lowest BCUT2D eigenvalue weighted by Gasteiger charge is -2.18. The van der Waals surface area contributed by atoms with Crippen molar-refractivity contribution >= 4 is 43.6 Å². The largest absolute Gasteiger partial charge is 0.416 e. The van der Waals surface area contributed by atoms with Gasteiger partial charge in [0.25, 0.3) is 0 Å². The zero-order valence-corrected chi connectivity index (χ0v) is 24.0. The van der Waals surface area contributed by atoms with E-state index in [2.05, 4.69) is 52.9 Å². The molecule has 0 amide bonds. The van der Waals surface area contributed by atoms with Crippen LogP contribution in [0.1, 0.15) is 16.7 Å². The zero-order chi connectivity index (χ0) is 30.9. The number of aryl methyl sites for hydroxylation is 1. The molecule has 8 aromatic rings. The lowest BCUT2D eigenvalue weighted by atomic mass is 10.00. The van der Waals surface area contributed by atoms with Crippen LogP contribution in [0.25, 0.3) is 66.1 Å². The molecule has 0 bridgehead atoms. The van der Waals surface area contributed by atoms with Gasteiger partial charge in [0.2, 0.25) is 0 Å². The standard InChI is InChI=1S/C38H23F3N4/c1-23-10-13-34-28(18-23)26-6-2-4-8-32(26)44(34)35-14-11-24(21-42)19-29(35)31-22-43-17-16-37(31)45-33-9-5-3-7-27(33)30-20-25(38(39,40)41)12-15-36(30)45/h2-20,22H,1H3. The molecule has 0 saturated carbocycles. The molecule has 0 aliphatic rings. The maximum atomic E-state index is 13.8. The highest BCUT2D eigenvalue weighted by Gasteiger charge is 2.31. The molecule has 4 nitrogen and oxygen atoms in total. The maximum absolute atomic E-state index is 13.8. The van der Waals surface area contributed by atoms with Crippen molar-refractivity contribution in [1.29, 1.82) is 5.26 Å². The summed E-state index contributed by atoms with van der Waals surface area (Å²) in [5.41, 5.74) is 7.51. The summed E-state index contributed by atoms with van der Waals surface area (Å²) >= 11 is 0. The summed E-state index contributed by atoms with van der Waals surface area (Å²) in [5.74, 6) is 0. The SMILES string of the molecule is Cc1ccc2c(c1)c1ccccc1n2-c1ccc(C#N)cc1-c1cnccc1-n1c2ccccc2c2cc(C(F)(F)F)ccc21. The minimum atomic E-state index is -4.47. The number of pyridine rings is 1. The van der Waals surface area contributed by atoms with E-state index in [0.717, 1.165) is 61.5 Å². The molecule has 0 atom stereocenters. The van der Waals surface area contributed by atoms with Crippen molar-refractivity contribution in [1.82, 2.24) is 14.1 Å². The first-order chi connectivity index (χ1) is 21.8. The van der Waals surface area contributed by atoms with E-state index in [1.54, 1.807) is 12.4 Å². The lowest BCUT2D eigenvalue weighted by Crippen LogP contribution is -2.05. The highest BCUT2D eigenvalue weighted by atomic mass is 19.4. The Morgan fingerprint density at radius 3 is 1.89 bits per heavy atom. The van der Waals surface area contributed by atoms with E-state index < -0.39 is 11.7 Å². The molecule has 216 valence electrons. The number of halogens is 3. The van der Waals surface area contributed by atoms with Crippen molar-refractivity contribution in [3.05, 3.63) is 138 Å². The predicted molar refractivity (Wildman–Crippen MR) is 173 cm³/mol. The lowest BCUT2D eigenvalue weighted by molar-refractivity contribution is -0.137. The Bertz CT molecular complexity index is 2510. The van der Waals surface area contributed by atoms with Crippen LogP contribution in [0.2, 0.25) is 0 Å². The van der Waals surface area contributed by atoms with Gasteiger partial charge in [-0.25, -0.2) is 0 Å². The third kappa shape index (κ3) is 4.10. The van der Waals surface area contributed by atoms with Gasteiger partial charge in [-0.05, 0) is 73.7 Å². The smallest absolute Gasteiger partial charge is 0.309 e. The number of nitrogens with zero attached hydrogens (tertiary/aromatic N) is 4. The van der Waals surface area contributed by atoms with Crippen molar-refractivity contribution in [3.63, 3.8) is 0 Å². The van der Waals surface area contributed by atoms with Gasteiger partial charge < -0.3 is 9.13 Å². The molecule has 0 aliphatic carbocycles. The fourth-order valence-corrected chi connectivity index (χ4v) is 6.56. The van der Waals surface area contributed by atoms with E-state index in [0.29, 0.717) is 21.9 Å². The summed E-state index contributed by atoms with van der Waals surface area (Å²) in [4.78, 5) is 4.50. The van der Waals surface area contributed by atoms with Gasteiger partial charge in [-0.2, -0.15) is 18.4 Å². The van der Waals surface area contributed by atoms with Crippen LogP contribution in [-0.4, -0.2) is 14.1 Å². The number of aromatic nitrogens is 3. The normalized spacial score (nSPS) is 12.0. The van der Waals surface area contributed by atoms with Crippen LogP contribution < -0.4 is 0 Å². The minimum absolute atomic E-state index is 0.484. The molecule has 3 aromatic heterocycles. The van der Waals surface area contributed by atoms with Gasteiger partial charge in [0.05, 0.1) is 50.6 Å². The molecule has 0 saturated heterocycles. The molecule has 0 spiro atoms. The number of alkyl halides is 3. The third-order valence-electron chi connectivity index (χ3n) is 8.52. The summed E-state index contributed by atoms with van der Waals surface area (Å²) in [7, 11) is 0. The van der Waals surface area contributed by atoms with E-state index in [1.165, 1.54) is 12.1 Å². The van der Waals surface area contributed by atoms with E-state index in [4.69, 9.17) is 0 Å². The topological polar surface area (TPSA) is 46.5 Å². The van der Waals surface area contributed by atoms with E-state index in [9.17, 15) is 18.4 Å². The molecule has 0 fully saturated rings. The van der Waals surface area contributed by atoms with Crippen LogP contribution in [0.4, 0.5) is 13.2 Å². The highest BCUT2D eigenvalue weighted by molar-refractivity contribution is 6.11. The first-order valence-electron chi connectivity index (χ1n) is 14.4. The molecule has 45 heavy (non-hydrogen) atoms. The summed E-state index contributed by atoms with van der Waals surface area (Å²) in [5, 5.41) is 13.4.